The zero-order valence-electron chi connectivity index (χ0n) is 12.9. The lowest BCUT2D eigenvalue weighted by Gasteiger charge is -2.08. The zero-order valence-corrected chi connectivity index (χ0v) is 13.6. The van der Waals surface area contributed by atoms with Gasteiger partial charge in [-0.3, -0.25) is 4.79 Å². The van der Waals surface area contributed by atoms with Gasteiger partial charge in [-0.25, -0.2) is 4.98 Å². The van der Waals surface area contributed by atoms with Gasteiger partial charge in [-0.15, -0.1) is 0 Å². The van der Waals surface area contributed by atoms with Crippen LogP contribution in [0.15, 0.2) is 24.5 Å². The second kappa shape index (κ2) is 6.44. The van der Waals surface area contributed by atoms with Crippen LogP contribution in [0.2, 0.25) is 5.28 Å². The van der Waals surface area contributed by atoms with Gasteiger partial charge in [0.05, 0.1) is 12.9 Å². The molecule has 0 unspecified atom stereocenters. The van der Waals surface area contributed by atoms with E-state index in [9.17, 15) is 4.79 Å². The van der Waals surface area contributed by atoms with Crippen LogP contribution in [-0.2, 0) is 11.3 Å². The summed E-state index contributed by atoms with van der Waals surface area (Å²) in [6, 6.07) is 5.54. The number of fused-ring (bicyclic) bond motifs is 2. The van der Waals surface area contributed by atoms with Gasteiger partial charge in [-0.05, 0) is 29.3 Å². The summed E-state index contributed by atoms with van der Waals surface area (Å²) in [6.45, 7) is 0.631. The third-order valence-corrected chi connectivity index (χ3v) is 3.77. The third kappa shape index (κ3) is 3.26. The Hall–Kier alpha value is -3.07. The molecule has 0 aliphatic carbocycles. The van der Waals surface area contributed by atoms with Gasteiger partial charge in [0.2, 0.25) is 18.0 Å². The van der Waals surface area contributed by atoms with Crippen molar-refractivity contribution in [1.29, 1.82) is 0 Å². The minimum Gasteiger partial charge on any atom is -0.454 e. The van der Waals surface area contributed by atoms with E-state index in [0.717, 1.165) is 5.56 Å². The molecule has 0 spiro atoms. The van der Waals surface area contributed by atoms with Crippen LogP contribution in [0.1, 0.15) is 5.56 Å². The highest BCUT2D eigenvalue weighted by atomic mass is 35.5. The Kier molecular flexibility index (Phi) is 3.98. The molecular formula is C15H13ClN6O3. The summed E-state index contributed by atoms with van der Waals surface area (Å²) in [5, 5.41) is 5.80. The fraction of sp³-hybridized carbons (Fsp3) is 0.200. The maximum absolute atomic E-state index is 12.1. The number of hydrogen-bond acceptors (Lipinski definition) is 7. The van der Waals surface area contributed by atoms with E-state index in [1.807, 2.05) is 18.2 Å². The third-order valence-electron chi connectivity index (χ3n) is 3.60. The van der Waals surface area contributed by atoms with Crippen LogP contribution < -0.4 is 20.1 Å². The molecule has 3 aromatic rings. The number of benzene rings is 1. The van der Waals surface area contributed by atoms with Crippen molar-refractivity contribution in [3.8, 4) is 11.5 Å². The Balaban J connectivity index is 1.35. The van der Waals surface area contributed by atoms with Gasteiger partial charge in [-0.1, -0.05) is 6.07 Å². The Bertz CT molecular complexity index is 944. The van der Waals surface area contributed by atoms with Crippen molar-refractivity contribution in [3.05, 3.63) is 35.4 Å². The van der Waals surface area contributed by atoms with Gasteiger partial charge < -0.3 is 25.1 Å². The Morgan fingerprint density at radius 3 is 3.08 bits per heavy atom. The predicted octanol–water partition coefficient (Wildman–Crippen LogP) is 1.46. The summed E-state index contributed by atoms with van der Waals surface area (Å²) in [5.74, 6) is 1.62. The minimum atomic E-state index is -0.194. The first kappa shape index (κ1) is 15.5. The average molecular weight is 361 g/mol. The number of nitrogens with zero attached hydrogens (tertiary/aromatic N) is 3. The molecule has 0 saturated carbocycles. The van der Waals surface area contributed by atoms with E-state index < -0.39 is 0 Å². The maximum Gasteiger partial charge on any atom is 0.239 e. The fourth-order valence-electron chi connectivity index (χ4n) is 2.41. The highest BCUT2D eigenvalue weighted by Crippen LogP contribution is 2.32. The molecule has 0 saturated heterocycles. The number of H-pyrrole nitrogens is 1. The molecule has 9 nitrogen and oxygen atoms in total. The number of anilines is 1. The number of nitrogens with one attached hydrogen (secondary N) is 3. The molecule has 1 aromatic carbocycles. The Labute approximate surface area is 146 Å². The highest BCUT2D eigenvalue weighted by molar-refractivity contribution is 6.28. The number of aromatic amines is 1. The predicted molar refractivity (Wildman–Crippen MR) is 89.6 cm³/mol. The van der Waals surface area contributed by atoms with Crippen LogP contribution in [0.25, 0.3) is 11.2 Å². The van der Waals surface area contributed by atoms with Gasteiger partial charge in [-0.2, -0.15) is 9.97 Å². The highest BCUT2D eigenvalue weighted by Gasteiger charge is 2.14. The van der Waals surface area contributed by atoms with Gasteiger partial charge in [0.1, 0.15) is 5.52 Å². The normalized spacial score (nSPS) is 12.4. The molecule has 128 valence electrons. The fourth-order valence-corrected chi connectivity index (χ4v) is 2.58. The van der Waals surface area contributed by atoms with Crippen molar-refractivity contribution in [2.24, 2.45) is 0 Å². The lowest BCUT2D eigenvalue weighted by Crippen LogP contribution is -2.29. The summed E-state index contributed by atoms with van der Waals surface area (Å²) >= 11 is 5.84. The van der Waals surface area contributed by atoms with Crippen molar-refractivity contribution >= 4 is 34.5 Å². The number of carbonyl (C=O) groups is 1. The van der Waals surface area contributed by atoms with E-state index >= 15 is 0 Å². The van der Waals surface area contributed by atoms with E-state index in [1.54, 1.807) is 0 Å². The van der Waals surface area contributed by atoms with E-state index in [4.69, 9.17) is 21.1 Å². The Morgan fingerprint density at radius 2 is 2.16 bits per heavy atom. The Morgan fingerprint density at radius 1 is 1.28 bits per heavy atom. The first-order valence-electron chi connectivity index (χ1n) is 7.45. The number of amides is 1. The molecule has 10 heteroatoms. The molecule has 1 aliphatic rings. The number of aromatic nitrogens is 4. The number of ether oxygens (including phenoxy) is 2. The number of carbonyl (C=O) groups excluding carboxylic acids is 1. The minimum absolute atomic E-state index is 0.0337. The SMILES string of the molecule is O=C(CNc1nc(Cl)nc2nc[nH]c12)NCc1ccc2c(c1)OCO2. The summed E-state index contributed by atoms with van der Waals surface area (Å²) in [5.41, 5.74) is 1.94. The van der Waals surface area contributed by atoms with Gasteiger partial charge in [0, 0.05) is 6.54 Å². The van der Waals surface area contributed by atoms with E-state index in [0.29, 0.717) is 35.0 Å². The van der Waals surface area contributed by atoms with Crippen molar-refractivity contribution in [1.82, 2.24) is 25.3 Å². The van der Waals surface area contributed by atoms with Crippen LogP contribution in [0.3, 0.4) is 0 Å². The molecule has 4 rings (SSSR count). The van der Waals surface area contributed by atoms with Crippen molar-refractivity contribution < 1.29 is 14.3 Å². The second-order valence-electron chi connectivity index (χ2n) is 5.26. The quantitative estimate of drug-likeness (QED) is 0.590. The average Bonchev–Trinajstić information content (AvgIpc) is 3.25. The molecule has 0 atom stereocenters. The molecular weight excluding hydrogens is 348 g/mol. The molecule has 0 radical (unpaired) electrons. The van der Waals surface area contributed by atoms with Crippen molar-refractivity contribution in [3.63, 3.8) is 0 Å². The van der Waals surface area contributed by atoms with Crippen molar-refractivity contribution in [2.75, 3.05) is 18.7 Å². The molecule has 3 N–H and O–H groups in total. The summed E-state index contributed by atoms with van der Waals surface area (Å²) < 4.78 is 10.6. The van der Waals surface area contributed by atoms with E-state index in [-0.39, 0.29) is 24.5 Å². The summed E-state index contributed by atoms with van der Waals surface area (Å²) in [6.07, 6.45) is 1.49. The van der Waals surface area contributed by atoms with Gasteiger partial charge in [0.25, 0.3) is 0 Å². The number of hydrogen-bond donors (Lipinski definition) is 3. The van der Waals surface area contributed by atoms with Crippen LogP contribution in [0.5, 0.6) is 11.5 Å². The number of rotatable bonds is 5. The van der Waals surface area contributed by atoms with Crippen LogP contribution in [0.4, 0.5) is 5.82 Å². The van der Waals surface area contributed by atoms with E-state index in [1.165, 1.54) is 6.33 Å². The lowest BCUT2D eigenvalue weighted by atomic mass is 10.2. The monoisotopic (exact) mass is 360 g/mol. The molecule has 3 heterocycles. The standard InChI is InChI=1S/C15H13ClN6O3/c16-15-21-13(12-14(22-15)20-6-19-12)18-5-11(23)17-4-8-1-2-9-10(3-8)25-7-24-9/h1-3,6H,4-5,7H2,(H,17,23)(H2,18,19,20,21,22). The second-order valence-corrected chi connectivity index (χ2v) is 5.60. The molecule has 1 amide bonds. The number of halogens is 1. The van der Waals surface area contributed by atoms with Gasteiger partial charge >= 0.3 is 0 Å². The lowest BCUT2D eigenvalue weighted by molar-refractivity contribution is -0.119. The number of imidazole rings is 1. The van der Waals surface area contributed by atoms with Crippen LogP contribution >= 0.6 is 11.6 Å². The van der Waals surface area contributed by atoms with Gasteiger partial charge in [0.15, 0.2) is 23.0 Å². The first-order chi connectivity index (χ1) is 12.2. The molecule has 1 aliphatic heterocycles. The molecule has 25 heavy (non-hydrogen) atoms. The zero-order chi connectivity index (χ0) is 17.2. The summed E-state index contributed by atoms with van der Waals surface area (Å²) in [7, 11) is 0. The topological polar surface area (TPSA) is 114 Å². The van der Waals surface area contributed by atoms with Crippen LogP contribution in [-0.4, -0.2) is 39.2 Å². The van der Waals surface area contributed by atoms with Crippen molar-refractivity contribution in [2.45, 2.75) is 6.54 Å². The van der Waals surface area contributed by atoms with Crippen LogP contribution in [0, 0.1) is 0 Å². The summed E-state index contributed by atoms with van der Waals surface area (Å²) in [4.78, 5) is 27.0. The molecule has 0 bridgehead atoms. The first-order valence-corrected chi connectivity index (χ1v) is 7.82. The van der Waals surface area contributed by atoms with E-state index in [2.05, 4.69) is 30.6 Å². The molecule has 0 fully saturated rings. The smallest absolute Gasteiger partial charge is 0.239 e. The maximum atomic E-state index is 12.1. The largest absolute Gasteiger partial charge is 0.454 e. The molecule has 2 aromatic heterocycles.